The highest BCUT2D eigenvalue weighted by Crippen LogP contribution is 2.27. The second-order valence-electron chi connectivity index (χ2n) is 4.69. The first-order valence-corrected chi connectivity index (χ1v) is 8.21. The number of benzene rings is 2. The molecule has 6 heteroatoms. The monoisotopic (exact) mass is 412 g/mol. The lowest BCUT2D eigenvalue weighted by molar-refractivity contribution is -0.384. The molecule has 0 aliphatic rings. The van der Waals surface area contributed by atoms with Gasteiger partial charge in [0.15, 0.2) is 0 Å². The summed E-state index contributed by atoms with van der Waals surface area (Å²) in [7, 11) is 1.98. The van der Waals surface area contributed by atoms with E-state index in [1.165, 1.54) is 5.56 Å². The van der Waals surface area contributed by atoms with Crippen molar-refractivity contribution in [1.29, 1.82) is 0 Å². The van der Waals surface area contributed by atoms with Gasteiger partial charge < -0.3 is 4.90 Å². The second kappa shape index (κ2) is 7.04. The van der Waals surface area contributed by atoms with E-state index >= 15 is 0 Å². The summed E-state index contributed by atoms with van der Waals surface area (Å²) in [6, 6.07) is 13.1. The van der Waals surface area contributed by atoms with E-state index in [1.54, 1.807) is 18.2 Å². The number of halogens is 2. The fourth-order valence-corrected chi connectivity index (χ4v) is 2.83. The molecule has 0 radical (unpaired) electrons. The Labute approximate surface area is 140 Å². The van der Waals surface area contributed by atoms with Crippen LogP contribution in [0.2, 0.25) is 0 Å². The van der Waals surface area contributed by atoms with E-state index in [9.17, 15) is 10.1 Å². The maximum absolute atomic E-state index is 10.8. The maximum Gasteiger partial charge on any atom is 0.269 e. The number of hydrogen-bond donors (Lipinski definition) is 0. The SMILES string of the molecule is CN(Cc1ccc(Br)cc1)c1ccc([N+](=O)[O-])cc1CBr. The van der Waals surface area contributed by atoms with E-state index in [0.29, 0.717) is 5.33 Å². The maximum atomic E-state index is 10.8. The van der Waals surface area contributed by atoms with Crippen molar-refractivity contribution in [2.75, 3.05) is 11.9 Å². The van der Waals surface area contributed by atoms with Crippen molar-refractivity contribution < 1.29 is 4.92 Å². The smallest absolute Gasteiger partial charge is 0.269 e. The molecular weight excluding hydrogens is 400 g/mol. The van der Waals surface area contributed by atoms with Crippen molar-refractivity contribution in [2.24, 2.45) is 0 Å². The number of anilines is 1. The number of non-ortho nitro benzene ring substituents is 1. The minimum atomic E-state index is -0.370. The predicted molar refractivity (Wildman–Crippen MR) is 92.0 cm³/mol. The van der Waals surface area contributed by atoms with Crippen LogP contribution in [0.4, 0.5) is 11.4 Å². The van der Waals surface area contributed by atoms with E-state index in [0.717, 1.165) is 22.3 Å². The molecule has 0 N–H and O–H groups in total. The van der Waals surface area contributed by atoms with E-state index in [-0.39, 0.29) is 10.6 Å². The topological polar surface area (TPSA) is 46.4 Å². The molecule has 2 rings (SSSR count). The van der Waals surface area contributed by atoms with Gasteiger partial charge in [-0.3, -0.25) is 10.1 Å². The molecule has 0 spiro atoms. The summed E-state index contributed by atoms with van der Waals surface area (Å²) in [6.07, 6.45) is 0. The van der Waals surface area contributed by atoms with Crippen molar-refractivity contribution in [3.05, 3.63) is 68.2 Å². The molecule has 0 amide bonds. The minimum Gasteiger partial charge on any atom is -0.370 e. The van der Waals surface area contributed by atoms with Gasteiger partial charge in [0.2, 0.25) is 0 Å². The van der Waals surface area contributed by atoms with Gasteiger partial charge in [-0.05, 0) is 29.3 Å². The average Bonchev–Trinajstić information content (AvgIpc) is 2.48. The molecule has 0 atom stereocenters. The third-order valence-electron chi connectivity index (χ3n) is 3.16. The molecule has 0 saturated carbocycles. The summed E-state index contributed by atoms with van der Waals surface area (Å²) < 4.78 is 1.05. The van der Waals surface area contributed by atoms with Crippen LogP contribution in [0.3, 0.4) is 0 Å². The fraction of sp³-hybridized carbons (Fsp3) is 0.200. The molecule has 110 valence electrons. The lowest BCUT2D eigenvalue weighted by atomic mass is 10.1. The zero-order valence-corrected chi connectivity index (χ0v) is 14.6. The number of alkyl halides is 1. The molecule has 2 aromatic carbocycles. The Balaban J connectivity index is 2.23. The van der Waals surface area contributed by atoms with Crippen LogP contribution >= 0.6 is 31.9 Å². The van der Waals surface area contributed by atoms with Crippen LogP contribution in [-0.2, 0) is 11.9 Å². The standard InChI is InChI=1S/C15H14Br2N2O2/c1-18(10-11-2-4-13(17)5-3-11)15-7-6-14(19(20)21)8-12(15)9-16/h2-8H,9-10H2,1H3. The lowest BCUT2D eigenvalue weighted by Crippen LogP contribution is -2.17. The summed E-state index contributed by atoms with van der Waals surface area (Å²) in [5.74, 6) is 0. The van der Waals surface area contributed by atoms with E-state index in [2.05, 4.69) is 48.9 Å². The Kier molecular flexibility index (Phi) is 5.36. The Bertz CT molecular complexity index is 645. The third-order valence-corrected chi connectivity index (χ3v) is 4.29. The Morgan fingerprint density at radius 2 is 1.86 bits per heavy atom. The number of nitrogens with zero attached hydrogens (tertiary/aromatic N) is 2. The number of rotatable bonds is 5. The zero-order chi connectivity index (χ0) is 15.4. The van der Waals surface area contributed by atoms with Crippen molar-refractivity contribution in [3.8, 4) is 0 Å². The van der Waals surface area contributed by atoms with Crippen molar-refractivity contribution in [3.63, 3.8) is 0 Å². The molecular formula is C15H14Br2N2O2. The third kappa shape index (κ3) is 4.04. The van der Waals surface area contributed by atoms with Gasteiger partial charge in [0.1, 0.15) is 0 Å². The summed E-state index contributed by atoms with van der Waals surface area (Å²) in [6.45, 7) is 0.741. The Morgan fingerprint density at radius 1 is 1.19 bits per heavy atom. The highest BCUT2D eigenvalue weighted by atomic mass is 79.9. The van der Waals surface area contributed by atoms with Crippen molar-refractivity contribution >= 4 is 43.2 Å². The molecule has 4 nitrogen and oxygen atoms in total. The van der Waals surface area contributed by atoms with E-state index in [1.807, 2.05) is 19.2 Å². The number of nitro groups is 1. The van der Waals surface area contributed by atoms with Gasteiger partial charge in [-0.1, -0.05) is 44.0 Å². The van der Waals surface area contributed by atoms with Gasteiger partial charge in [-0.15, -0.1) is 0 Å². The molecule has 21 heavy (non-hydrogen) atoms. The van der Waals surface area contributed by atoms with Gasteiger partial charge in [0.05, 0.1) is 4.92 Å². The molecule has 0 saturated heterocycles. The van der Waals surface area contributed by atoms with Gasteiger partial charge >= 0.3 is 0 Å². The Hall–Kier alpha value is -1.40. The quantitative estimate of drug-likeness (QED) is 0.398. The molecule has 0 bridgehead atoms. The van der Waals surface area contributed by atoms with Crippen molar-refractivity contribution in [2.45, 2.75) is 11.9 Å². The molecule has 0 aliphatic heterocycles. The molecule has 0 fully saturated rings. The van der Waals surface area contributed by atoms with Crippen LogP contribution in [0, 0.1) is 10.1 Å². The largest absolute Gasteiger partial charge is 0.370 e. The zero-order valence-electron chi connectivity index (χ0n) is 11.4. The van der Waals surface area contributed by atoms with Crippen molar-refractivity contribution in [1.82, 2.24) is 0 Å². The second-order valence-corrected chi connectivity index (χ2v) is 6.16. The average molecular weight is 414 g/mol. The van der Waals surface area contributed by atoms with Crippen LogP contribution in [0.5, 0.6) is 0 Å². The van der Waals surface area contributed by atoms with Crippen LogP contribution in [-0.4, -0.2) is 12.0 Å². The molecule has 0 aliphatic carbocycles. The molecule has 0 heterocycles. The fourth-order valence-electron chi connectivity index (χ4n) is 2.11. The van der Waals surface area contributed by atoms with E-state index < -0.39 is 0 Å². The van der Waals surface area contributed by atoms with Gasteiger partial charge in [0.25, 0.3) is 5.69 Å². The van der Waals surface area contributed by atoms with E-state index in [4.69, 9.17) is 0 Å². The Morgan fingerprint density at radius 3 is 2.43 bits per heavy atom. The van der Waals surface area contributed by atoms with Crippen LogP contribution in [0.1, 0.15) is 11.1 Å². The summed E-state index contributed by atoms with van der Waals surface area (Å²) in [5, 5.41) is 11.4. The molecule has 0 unspecified atom stereocenters. The first-order valence-electron chi connectivity index (χ1n) is 6.30. The summed E-state index contributed by atoms with van der Waals surface area (Å²) in [4.78, 5) is 12.6. The summed E-state index contributed by atoms with van der Waals surface area (Å²) >= 11 is 6.82. The van der Waals surface area contributed by atoms with Gasteiger partial charge in [0, 0.05) is 41.2 Å². The predicted octanol–water partition coefficient (Wildman–Crippen LogP) is 4.89. The summed E-state index contributed by atoms with van der Waals surface area (Å²) in [5.41, 5.74) is 3.19. The minimum absolute atomic E-state index is 0.116. The van der Waals surface area contributed by atoms with Gasteiger partial charge in [-0.2, -0.15) is 0 Å². The lowest BCUT2D eigenvalue weighted by Gasteiger charge is -2.22. The van der Waals surface area contributed by atoms with Gasteiger partial charge in [-0.25, -0.2) is 0 Å². The van der Waals surface area contributed by atoms with Crippen LogP contribution < -0.4 is 4.90 Å². The first kappa shape index (κ1) is 16.0. The normalized spacial score (nSPS) is 10.4. The highest BCUT2D eigenvalue weighted by molar-refractivity contribution is 9.10. The number of hydrogen-bond acceptors (Lipinski definition) is 3. The van der Waals surface area contributed by atoms with Crippen LogP contribution in [0.25, 0.3) is 0 Å². The first-order chi connectivity index (χ1) is 10.0. The number of nitro benzene ring substituents is 1. The highest BCUT2D eigenvalue weighted by Gasteiger charge is 2.13. The molecule has 2 aromatic rings. The molecule has 0 aromatic heterocycles. The van der Waals surface area contributed by atoms with Crippen LogP contribution in [0.15, 0.2) is 46.9 Å².